The highest BCUT2D eigenvalue weighted by atomic mass is 16.5. The van der Waals surface area contributed by atoms with Gasteiger partial charge in [0.25, 0.3) is 0 Å². The number of hydrogen-bond donors (Lipinski definition) is 2. The Morgan fingerprint density at radius 1 is 1.12 bits per heavy atom. The molecule has 0 saturated heterocycles. The molecule has 1 rings (SSSR count). The molecule has 5 nitrogen and oxygen atoms in total. The van der Waals surface area contributed by atoms with Gasteiger partial charge in [0.15, 0.2) is 11.5 Å². The third-order valence-corrected chi connectivity index (χ3v) is 3.94. The summed E-state index contributed by atoms with van der Waals surface area (Å²) in [7, 11) is 0. The Bertz CT molecular complexity index is 530. The number of rotatable bonds is 13. The van der Waals surface area contributed by atoms with Crippen molar-refractivity contribution >= 4 is 12.1 Å². The number of ether oxygens (including phenoxy) is 1. The number of unbranched alkanes of at least 4 members (excludes halogenated alkanes) is 7. The second kappa shape index (κ2) is 13.3. The molecule has 0 aliphatic heterocycles. The summed E-state index contributed by atoms with van der Waals surface area (Å²) in [5.74, 6) is 0.445. The first kappa shape index (κ1) is 21.0. The van der Waals surface area contributed by atoms with Crippen LogP contribution >= 0.6 is 0 Å². The van der Waals surface area contributed by atoms with Gasteiger partial charge < -0.3 is 9.84 Å². The predicted octanol–water partition coefficient (Wildman–Crippen LogP) is 4.77. The van der Waals surface area contributed by atoms with Crippen LogP contribution in [0.15, 0.2) is 23.3 Å². The monoisotopic (exact) mass is 348 g/mol. The number of hydrogen-bond acceptors (Lipinski definition) is 4. The molecule has 0 fully saturated rings. The van der Waals surface area contributed by atoms with Crippen molar-refractivity contribution in [2.24, 2.45) is 5.10 Å². The maximum atomic E-state index is 11.7. The number of carbonyl (C=O) groups is 1. The van der Waals surface area contributed by atoms with E-state index in [1.54, 1.807) is 24.4 Å². The van der Waals surface area contributed by atoms with E-state index in [0.29, 0.717) is 18.8 Å². The van der Waals surface area contributed by atoms with Crippen LogP contribution in [0.1, 0.15) is 77.2 Å². The molecule has 0 aliphatic rings. The lowest BCUT2D eigenvalue weighted by Gasteiger charge is -2.06. The molecular formula is C20H32N2O3. The Morgan fingerprint density at radius 3 is 2.48 bits per heavy atom. The summed E-state index contributed by atoms with van der Waals surface area (Å²) < 4.78 is 5.31. The van der Waals surface area contributed by atoms with Gasteiger partial charge in [0.1, 0.15) is 0 Å². The molecule has 0 aromatic heterocycles. The number of phenols is 1. The van der Waals surface area contributed by atoms with Crippen molar-refractivity contribution in [2.45, 2.75) is 71.6 Å². The van der Waals surface area contributed by atoms with Crippen molar-refractivity contribution < 1.29 is 14.6 Å². The number of amides is 1. The van der Waals surface area contributed by atoms with Gasteiger partial charge in [0.2, 0.25) is 5.91 Å². The molecule has 0 saturated carbocycles. The fourth-order valence-electron chi connectivity index (χ4n) is 2.54. The van der Waals surface area contributed by atoms with Crippen LogP contribution in [0.4, 0.5) is 0 Å². The van der Waals surface area contributed by atoms with E-state index < -0.39 is 0 Å². The average Bonchev–Trinajstić information content (AvgIpc) is 2.60. The van der Waals surface area contributed by atoms with Crippen LogP contribution in [0.2, 0.25) is 0 Å². The van der Waals surface area contributed by atoms with Crippen LogP contribution in [0.3, 0.4) is 0 Å². The second-order valence-electron chi connectivity index (χ2n) is 6.18. The zero-order valence-corrected chi connectivity index (χ0v) is 15.6. The van der Waals surface area contributed by atoms with E-state index in [1.807, 2.05) is 6.92 Å². The second-order valence-corrected chi connectivity index (χ2v) is 6.18. The standard InChI is InChI=1S/C20H32N2O3/c1-3-5-6-7-8-9-10-11-12-20(24)22-21-16-17-13-14-18(23)19(15-17)25-4-2/h13-16,23H,3-12H2,1-2H3,(H,22,24). The number of carbonyl (C=O) groups excluding carboxylic acids is 1. The minimum atomic E-state index is -0.0638. The van der Waals surface area contributed by atoms with Crippen LogP contribution in [-0.4, -0.2) is 23.8 Å². The summed E-state index contributed by atoms with van der Waals surface area (Å²) in [6.07, 6.45) is 11.8. The zero-order valence-electron chi connectivity index (χ0n) is 15.6. The highest BCUT2D eigenvalue weighted by molar-refractivity contribution is 5.83. The van der Waals surface area contributed by atoms with Gasteiger partial charge in [-0.15, -0.1) is 0 Å². The first-order chi connectivity index (χ1) is 12.2. The van der Waals surface area contributed by atoms with Crippen LogP contribution < -0.4 is 10.2 Å². The van der Waals surface area contributed by atoms with Gasteiger partial charge in [0, 0.05) is 6.42 Å². The number of phenolic OH excluding ortho intramolecular Hbond substituents is 1. The lowest BCUT2D eigenvalue weighted by molar-refractivity contribution is -0.121. The van der Waals surface area contributed by atoms with Crippen LogP contribution in [0.25, 0.3) is 0 Å². The maximum absolute atomic E-state index is 11.7. The highest BCUT2D eigenvalue weighted by Crippen LogP contribution is 2.26. The smallest absolute Gasteiger partial charge is 0.240 e. The van der Waals surface area contributed by atoms with E-state index in [0.717, 1.165) is 18.4 Å². The molecule has 0 aliphatic carbocycles. The topological polar surface area (TPSA) is 70.9 Å². The number of benzene rings is 1. The molecule has 0 unspecified atom stereocenters. The van der Waals surface area contributed by atoms with E-state index in [1.165, 1.54) is 38.5 Å². The Hall–Kier alpha value is -2.04. The fraction of sp³-hybridized carbons (Fsp3) is 0.600. The molecule has 1 aromatic rings. The summed E-state index contributed by atoms with van der Waals surface area (Å²) >= 11 is 0. The highest BCUT2D eigenvalue weighted by Gasteiger charge is 2.03. The van der Waals surface area contributed by atoms with Gasteiger partial charge in [-0.3, -0.25) is 4.79 Å². The third-order valence-electron chi connectivity index (χ3n) is 3.94. The zero-order chi connectivity index (χ0) is 18.3. The fourth-order valence-corrected chi connectivity index (χ4v) is 2.54. The van der Waals surface area contributed by atoms with Crippen molar-refractivity contribution in [1.82, 2.24) is 5.43 Å². The van der Waals surface area contributed by atoms with Gasteiger partial charge in [-0.2, -0.15) is 5.10 Å². The van der Waals surface area contributed by atoms with Crippen molar-refractivity contribution in [3.63, 3.8) is 0 Å². The summed E-state index contributed by atoms with van der Waals surface area (Å²) in [4.78, 5) is 11.7. The number of nitrogens with one attached hydrogen (secondary N) is 1. The molecule has 0 heterocycles. The summed E-state index contributed by atoms with van der Waals surface area (Å²) in [5, 5.41) is 13.6. The van der Waals surface area contributed by atoms with Gasteiger partial charge in [-0.25, -0.2) is 5.43 Å². The van der Waals surface area contributed by atoms with E-state index >= 15 is 0 Å². The molecule has 25 heavy (non-hydrogen) atoms. The van der Waals surface area contributed by atoms with Gasteiger partial charge >= 0.3 is 0 Å². The molecule has 2 N–H and O–H groups in total. The van der Waals surface area contributed by atoms with Crippen LogP contribution in [0, 0.1) is 0 Å². The van der Waals surface area contributed by atoms with E-state index in [2.05, 4.69) is 17.5 Å². The third kappa shape index (κ3) is 9.75. The first-order valence-electron chi connectivity index (χ1n) is 9.45. The van der Waals surface area contributed by atoms with Crippen molar-refractivity contribution in [3.8, 4) is 11.5 Å². The number of hydrazone groups is 1. The van der Waals surface area contributed by atoms with Gasteiger partial charge in [-0.05, 0) is 37.1 Å². The molecule has 0 radical (unpaired) electrons. The minimum absolute atomic E-state index is 0.0638. The number of nitrogens with zero attached hydrogens (tertiary/aromatic N) is 1. The lowest BCUT2D eigenvalue weighted by Crippen LogP contribution is -2.16. The van der Waals surface area contributed by atoms with E-state index in [4.69, 9.17) is 4.74 Å². The minimum Gasteiger partial charge on any atom is -0.504 e. The molecule has 0 spiro atoms. The normalized spacial score (nSPS) is 11.0. The van der Waals surface area contributed by atoms with Gasteiger partial charge in [0.05, 0.1) is 12.8 Å². The average molecular weight is 348 g/mol. The van der Waals surface area contributed by atoms with E-state index in [9.17, 15) is 9.90 Å². The molecule has 0 bridgehead atoms. The molecule has 140 valence electrons. The largest absolute Gasteiger partial charge is 0.504 e. The Morgan fingerprint density at radius 2 is 1.80 bits per heavy atom. The SMILES string of the molecule is CCCCCCCCCCC(=O)NN=Cc1ccc(O)c(OCC)c1. The quantitative estimate of drug-likeness (QED) is 0.306. The predicted molar refractivity (Wildman–Crippen MR) is 102 cm³/mol. The summed E-state index contributed by atoms with van der Waals surface area (Å²) in [6, 6.07) is 4.95. The van der Waals surface area contributed by atoms with Crippen LogP contribution in [-0.2, 0) is 4.79 Å². The molecule has 5 heteroatoms. The summed E-state index contributed by atoms with van der Waals surface area (Å²) in [6.45, 7) is 4.55. The lowest BCUT2D eigenvalue weighted by atomic mass is 10.1. The summed E-state index contributed by atoms with van der Waals surface area (Å²) in [5.41, 5.74) is 3.30. The Balaban J connectivity index is 2.19. The number of aromatic hydroxyl groups is 1. The Kier molecular flexibility index (Phi) is 11.2. The van der Waals surface area contributed by atoms with Gasteiger partial charge in [-0.1, -0.05) is 51.9 Å². The molecule has 1 aromatic carbocycles. The first-order valence-corrected chi connectivity index (χ1v) is 9.45. The molecular weight excluding hydrogens is 316 g/mol. The van der Waals surface area contributed by atoms with Crippen molar-refractivity contribution in [2.75, 3.05) is 6.61 Å². The van der Waals surface area contributed by atoms with Crippen molar-refractivity contribution in [1.29, 1.82) is 0 Å². The molecule has 0 atom stereocenters. The van der Waals surface area contributed by atoms with E-state index in [-0.39, 0.29) is 11.7 Å². The molecule has 1 amide bonds. The van der Waals surface area contributed by atoms with Crippen LogP contribution in [0.5, 0.6) is 11.5 Å². The maximum Gasteiger partial charge on any atom is 0.240 e. The Labute approximate surface area is 151 Å². The van der Waals surface area contributed by atoms with Crippen molar-refractivity contribution in [3.05, 3.63) is 23.8 Å².